The molecule has 0 aliphatic carbocycles. The minimum atomic E-state index is 0.129. The first kappa shape index (κ1) is 21.0. The van der Waals surface area contributed by atoms with Gasteiger partial charge in [-0.25, -0.2) is 0 Å². The van der Waals surface area contributed by atoms with Crippen LogP contribution in [-0.4, -0.2) is 6.61 Å². The minimum Gasteiger partial charge on any atom is -0.493 e. The molecule has 0 fully saturated rings. The molecule has 0 N–H and O–H groups in total. The Kier molecular flexibility index (Phi) is 9.58. The molecule has 1 nitrogen and oxygen atoms in total. The van der Waals surface area contributed by atoms with Crippen LogP contribution in [0, 0.1) is 88.3 Å². The van der Waals surface area contributed by atoms with Crippen molar-refractivity contribution in [1.82, 2.24) is 0 Å². The highest BCUT2D eigenvalue weighted by molar-refractivity contribution is 5.47. The quantitative estimate of drug-likeness (QED) is 0.745. The van der Waals surface area contributed by atoms with E-state index in [1.54, 1.807) is 6.92 Å². The van der Waals surface area contributed by atoms with Gasteiger partial charge in [0.2, 0.25) is 0 Å². The molecule has 0 saturated carbocycles. The zero-order chi connectivity index (χ0) is 19.8. The van der Waals surface area contributed by atoms with Crippen molar-refractivity contribution >= 4 is 0 Å². The molecule has 1 aromatic rings. The fraction of sp³-hybridized carbons (Fsp3) is 0.231. The summed E-state index contributed by atoms with van der Waals surface area (Å²) in [6.45, 7) is 8.77. The molecule has 0 bridgehead atoms. The number of rotatable bonds is 2. The lowest BCUT2D eigenvalue weighted by atomic mass is 9.99. The third kappa shape index (κ3) is 12.0. The lowest BCUT2D eigenvalue weighted by Gasteiger charge is -2.18. The SMILES string of the molecule is CC#CC#CC#CC#CC#CC#CC#Cc1ccc(OCC(C)(C)C)cc1. The van der Waals surface area contributed by atoms with Crippen LogP contribution in [0.25, 0.3) is 0 Å². The van der Waals surface area contributed by atoms with E-state index in [2.05, 4.69) is 104 Å². The van der Waals surface area contributed by atoms with E-state index in [1.807, 2.05) is 24.3 Å². The van der Waals surface area contributed by atoms with Gasteiger partial charge in [0.05, 0.1) is 6.61 Å². The molecular weight excluding hydrogens is 328 g/mol. The molecule has 0 saturated heterocycles. The van der Waals surface area contributed by atoms with E-state index in [9.17, 15) is 0 Å². The van der Waals surface area contributed by atoms with Gasteiger partial charge >= 0.3 is 0 Å². The molecule has 0 amide bonds. The summed E-state index contributed by atoms with van der Waals surface area (Å²) in [5.74, 6) is 37.5. The van der Waals surface area contributed by atoms with Gasteiger partial charge in [0.15, 0.2) is 0 Å². The Labute approximate surface area is 163 Å². The molecule has 0 aliphatic heterocycles. The van der Waals surface area contributed by atoms with E-state index in [4.69, 9.17) is 4.74 Å². The second-order valence-corrected chi connectivity index (χ2v) is 6.25. The first-order valence-electron chi connectivity index (χ1n) is 8.17. The van der Waals surface area contributed by atoms with Gasteiger partial charge in [-0.1, -0.05) is 32.6 Å². The molecule has 1 rings (SSSR count). The van der Waals surface area contributed by atoms with E-state index >= 15 is 0 Å². The van der Waals surface area contributed by atoms with Crippen molar-refractivity contribution in [2.24, 2.45) is 5.41 Å². The van der Waals surface area contributed by atoms with E-state index < -0.39 is 0 Å². The van der Waals surface area contributed by atoms with Crippen LogP contribution in [-0.2, 0) is 0 Å². The van der Waals surface area contributed by atoms with Gasteiger partial charge in [0.1, 0.15) is 5.75 Å². The lowest BCUT2D eigenvalue weighted by molar-refractivity contribution is 0.198. The van der Waals surface area contributed by atoms with E-state index in [0.29, 0.717) is 6.61 Å². The fourth-order valence-corrected chi connectivity index (χ4v) is 1.41. The van der Waals surface area contributed by atoms with Crippen molar-refractivity contribution in [3.05, 3.63) is 29.8 Å². The minimum absolute atomic E-state index is 0.129. The maximum absolute atomic E-state index is 5.72. The van der Waals surface area contributed by atoms with Crippen LogP contribution in [0.3, 0.4) is 0 Å². The van der Waals surface area contributed by atoms with Crippen LogP contribution in [0.5, 0.6) is 5.75 Å². The molecule has 0 radical (unpaired) electrons. The van der Waals surface area contributed by atoms with E-state index in [1.165, 1.54) is 0 Å². The summed E-state index contributed by atoms with van der Waals surface area (Å²) in [6.07, 6.45) is 0. The highest BCUT2D eigenvalue weighted by Crippen LogP contribution is 2.17. The third-order valence-corrected chi connectivity index (χ3v) is 2.55. The molecule has 1 heteroatoms. The maximum atomic E-state index is 5.72. The number of benzene rings is 1. The normalized spacial score (nSPS) is 7.56. The molecule has 0 spiro atoms. The van der Waals surface area contributed by atoms with Gasteiger partial charge < -0.3 is 4.74 Å². The standard InChI is InChI=1S/C26H18O/c1-5-6-7-8-9-10-11-12-13-14-15-16-17-18-24-19-21-25(22-20-24)27-23-26(2,3)4/h19-22H,23H2,1-4H3. The average molecular weight is 346 g/mol. The second kappa shape index (κ2) is 12.3. The van der Waals surface area contributed by atoms with Crippen LogP contribution in [0.15, 0.2) is 24.3 Å². The summed E-state index contributed by atoms with van der Waals surface area (Å²) in [4.78, 5) is 0. The Bertz CT molecular complexity index is 1080. The summed E-state index contributed by atoms with van der Waals surface area (Å²) in [6, 6.07) is 7.60. The Morgan fingerprint density at radius 1 is 0.667 bits per heavy atom. The van der Waals surface area contributed by atoms with Gasteiger partial charge in [-0.05, 0) is 108 Å². The van der Waals surface area contributed by atoms with Gasteiger partial charge in [0, 0.05) is 5.56 Å². The van der Waals surface area contributed by atoms with E-state index in [0.717, 1.165) is 11.3 Å². The highest BCUT2D eigenvalue weighted by atomic mass is 16.5. The van der Waals surface area contributed by atoms with Gasteiger partial charge in [-0.2, -0.15) is 0 Å². The van der Waals surface area contributed by atoms with Crippen molar-refractivity contribution in [3.8, 4) is 88.6 Å². The number of hydrogen-bond acceptors (Lipinski definition) is 1. The Morgan fingerprint density at radius 3 is 1.56 bits per heavy atom. The van der Waals surface area contributed by atoms with Crippen LogP contribution in [0.4, 0.5) is 0 Å². The Hall–Kier alpha value is -4.06. The van der Waals surface area contributed by atoms with Gasteiger partial charge in [-0.3, -0.25) is 0 Å². The van der Waals surface area contributed by atoms with Crippen LogP contribution in [0.1, 0.15) is 33.3 Å². The smallest absolute Gasteiger partial charge is 0.119 e. The van der Waals surface area contributed by atoms with Crippen LogP contribution >= 0.6 is 0 Å². The van der Waals surface area contributed by atoms with Crippen molar-refractivity contribution in [2.45, 2.75) is 27.7 Å². The molecule has 128 valence electrons. The Morgan fingerprint density at radius 2 is 1.11 bits per heavy atom. The summed E-state index contributed by atoms with van der Waals surface area (Å²) >= 11 is 0. The number of hydrogen-bond donors (Lipinski definition) is 0. The zero-order valence-corrected chi connectivity index (χ0v) is 15.9. The van der Waals surface area contributed by atoms with Gasteiger partial charge in [-0.15, -0.1) is 0 Å². The van der Waals surface area contributed by atoms with E-state index in [-0.39, 0.29) is 5.41 Å². The molecule has 0 aliphatic rings. The monoisotopic (exact) mass is 346 g/mol. The topological polar surface area (TPSA) is 9.23 Å². The summed E-state index contributed by atoms with van der Waals surface area (Å²) in [7, 11) is 0. The lowest BCUT2D eigenvalue weighted by Crippen LogP contribution is -2.16. The zero-order valence-electron chi connectivity index (χ0n) is 15.9. The molecule has 0 aromatic heterocycles. The first-order chi connectivity index (χ1) is 13.0. The molecule has 1 aromatic carbocycles. The van der Waals surface area contributed by atoms with Crippen molar-refractivity contribution < 1.29 is 4.74 Å². The molecule has 0 atom stereocenters. The predicted octanol–water partition coefficient (Wildman–Crippen LogP) is 3.50. The molecule has 0 heterocycles. The summed E-state index contributed by atoms with van der Waals surface area (Å²) < 4.78 is 5.72. The van der Waals surface area contributed by atoms with Crippen molar-refractivity contribution in [1.29, 1.82) is 0 Å². The van der Waals surface area contributed by atoms with Crippen molar-refractivity contribution in [2.75, 3.05) is 6.61 Å². The van der Waals surface area contributed by atoms with Crippen molar-refractivity contribution in [3.63, 3.8) is 0 Å². The predicted molar refractivity (Wildman–Crippen MR) is 111 cm³/mol. The highest BCUT2D eigenvalue weighted by Gasteiger charge is 2.10. The largest absolute Gasteiger partial charge is 0.493 e. The third-order valence-electron chi connectivity index (χ3n) is 2.55. The Balaban J connectivity index is 2.52. The summed E-state index contributed by atoms with van der Waals surface area (Å²) in [5.41, 5.74) is 0.994. The number of ether oxygens (including phenoxy) is 1. The molecule has 0 unspecified atom stereocenters. The second-order valence-electron chi connectivity index (χ2n) is 6.25. The molecular formula is C26H18O. The first-order valence-corrected chi connectivity index (χ1v) is 8.17. The fourth-order valence-electron chi connectivity index (χ4n) is 1.41. The average Bonchev–Trinajstić information content (AvgIpc) is 2.64. The molecule has 27 heavy (non-hydrogen) atoms. The maximum Gasteiger partial charge on any atom is 0.119 e. The summed E-state index contributed by atoms with van der Waals surface area (Å²) in [5, 5.41) is 0. The van der Waals surface area contributed by atoms with Crippen LogP contribution < -0.4 is 4.74 Å². The van der Waals surface area contributed by atoms with Gasteiger partial charge in [0.25, 0.3) is 0 Å². The van der Waals surface area contributed by atoms with Crippen LogP contribution in [0.2, 0.25) is 0 Å².